The molecule has 0 spiro atoms. The van der Waals surface area contributed by atoms with E-state index in [4.69, 9.17) is 11.6 Å². The van der Waals surface area contributed by atoms with E-state index in [1.807, 2.05) is 48.5 Å². The van der Waals surface area contributed by atoms with E-state index in [9.17, 15) is 0 Å². The largest absolute Gasteiger partial charge is 0.384 e. The van der Waals surface area contributed by atoms with Gasteiger partial charge in [0.05, 0.1) is 11.0 Å². The Balaban J connectivity index is 1.52. The molecular weight excluding hydrogens is 290 g/mol. The number of para-hydroxylation sites is 2. The minimum Gasteiger partial charge on any atom is -0.384 e. The van der Waals surface area contributed by atoms with Gasteiger partial charge in [0.1, 0.15) is 0 Å². The Hall–Kier alpha value is -1.65. The first-order chi connectivity index (χ1) is 9.81. The average molecular weight is 304 g/mol. The second-order valence-electron chi connectivity index (χ2n) is 4.34. The maximum Gasteiger partial charge on any atom is 0.166 e. The highest BCUT2D eigenvalue weighted by Crippen LogP contribution is 2.19. The van der Waals surface area contributed by atoms with E-state index in [1.165, 1.54) is 0 Å². The first-order valence-corrected chi connectivity index (χ1v) is 7.74. The zero-order valence-corrected chi connectivity index (χ0v) is 12.3. The fraction of sp³-hybridized carbons (Fsp3) is 0.133. The molecule has 0 saturated heterocycles. The highest BCUT2D eigenvalue weighted by Gasteiger charge is 2.02. The summed E-state index contributed by atoms with van der Waals surface area (Å²) in [6.07, 6.45) is 0. The number of nitrogens with one attached hydrogen (secondary N) is 2. The number of fused-ring (bicyclic) bond motifs is 1. The van der Waals surface area contributed by atoms with E-state index in [0.29, 0.717) is 0 Å². The molecule has 3 aromatic rings. The second-order valence-corrected chi connectivity index (χ2v) is 5.86. The summed E-state index contributed by atoms with van der Waals surface area (Å²) in [5, 5.41) is 5.05. The number of thioether (sulfide) groups is 1. The first kappa shape index (κ1) is 13.3. The average Bonchev–Trinajstić information content (AvgIpc) is 2.86. The van der Waals surface area contributed by atoms with Crippen molar-refractivity contribution < 1.29 is 0 Å². The zero-order chi connectivity index (χ0) is 13.8. The van der Waals surface area contributed by atoms with Crippen LogP contribution in [-0.4, -0.2) is 22.3 Å². The lowest BCUT2D eigenvalue weighted by atomic mass is 10.3. The number of halogens is 1. The van der Waals surface area contributed by atoms with Crippen molar-refractivity contribution in [3.63, 3.8) is 0 Å². The molecule has 2 N–H and O–H groups in total. The molecule has 0 atom stereocenters. The van der Waals surface area contributed by atoms with Crippen molar-refractivity contribution in [2.75, 3.05) is 17.6 Å². The summed E-state index contributed by atoms with van der Waals surface area (Å²) < 4.78 is 0. The summed E-state index contributed by atoms with van der Waals surface area (Å²) >= 11 is 7.65. The van der Waals surface area contributed by atoms with Crippen molar-refractivity contribution in [1.29, 1.82) is 0 Å². The lowest BCUT2D eigenvalue weighted by molar-refractivity contribution is 1.07. The number of hydrogen-bond acceptors (Lipinski definition) is 3. The van der Waals surface area contributed by atoms with Crippen molar-refractivity contribution in [1.82, 2.24) is 9.97 Å². The Kier molecular flexibility index (Phi) is 4.14. The second kappa shape index (κ2) is 6.20. The van der Waals surface area contributed by atoms with Crippen molar-refractivity contribution in [3.05, 3.63) is 53.6 Å². The van der Waals surface area contributed by atoms with Crippen LogP contribution < -0.4 is 5.32 Å². The Bertz CT molecular complexity index is 678. The number of rotatable bonds is 5. The number of benzene rings is 2. The van der Waals surface area contributed by atoms with E-state index in [2.05, 4.69) is 15.3 Å². The summed E-state index contributed by atoms with van der Waals surface area (Å²) in [5.74, 6) is 0.937. The van der Waals surface area contributed by atoms with Gasteiger partial charge in [-0.05, 0) is 30.3 Å². The van der Waals surface area contributed by atoms with Crippen LogP contribution in [0.4, 0.5) is 5.69 Å². The quantitative estimate of drug-likeness (QED) is 0.541. The molecule has 0 aliphatic heterocycles. The molecule has 1 aromatic heterocycles. The van der Waals surface area contributed by atoms with Gasteiger partial charge in [0.2, 0.25) is 0 Å². The number of aromatic amines is 1. The third-order valence-electron chi connectivity index (χ3n) is 2.86. The highest BCUT2D eigenvalue weighted by molar-refractivity contribution is 7.99. The smallest absolute Gasteiger partial charge is 0.166 e. The molecule has 0 unspecified atom stereocenters. The predicted octanol–water partition coefficient (Wildman–Crippen LogP) is 4.42. The first-order valence-electron chi connectivity index (χ1n) is 6.38. The van der Waals surface area contributed by atoms with E-state index < -0.39 is 0 Å². The topological polar surface area (TPSA) is 40.7 Å². The van der Waals surface area contributed by atoms with Crippen LogP contribution in [0, 0.1) is 0 Å². The minimum atomic E-state index is 0.750. The van der Waals surface area contributed by atoms with Gasteiger partial charge in [0.25, 0.3) is 0 Å². The van der Waals surface area contributed by atoms with Gasteiger partial charge < -0.3 is 10.3 Å². The molecule has 0 amide bonds. The minimum absolute atomic E-state index is 0.750. The third-order valence-corrected chi connectivity index (χ3v) is 3.97. The summed E-state index contributed by atoms with van der Waals surface area (Å²) in [7, 11) is 0. The Morgan fingerprint density at radius 2 is 2.05 bits per heavy atom. The molecule has 20 heavy (non-hydrogen) atoms. The number of anilines is 1. The molecule has 0 aliphatic carbocycles. The molecule has 0 radical (unpaired) electrons. The van der Waals surface area contributed by atoms with Gasteiger partial charge >= 0.3 is 0 Å². The maximum atomic E-state index is 5.94. The van der Waals surface area contributed by atoms with Gasteiger partial charge in [0.15, 0.2) is 5.16 Å². The van der Waals surface area contributed by atoms with E-state index in [1.54, 1.807) is 11.8 Å². The van der Waals surface area contributed by atoms with Gasteiger partial charge in [-0.3, -0.25) is 0 Å². The molecule has 102 valence electrons. The predicted molar refractivity (Wildman–Crippen MR) is 86.8 cm³/mol. The normalized spacial score (nSPS) is 10.8. The molecular formula is C15H14ClN3S. The van der Waals surface area contributed by atoms with Crippen molar-refractivity contribution in [2.45, 2.75) is 5.16 Å². The van der Waals surface area contributed by atoms with Gasteiger partial charge in [-0.25, -0.2) is 4.98 Å². The number of imidazole rings is 1. The highest BCUT2D eigenvalue weighted by atomic mass is 35.5. The van der Waals surface area contributed by atoms with Crippen LogP contribution >= 0.6 is 23.4 Å². The van der Waals surface area contributed by atoms with Gasteiger partial charge in [-0.15, -0.1) is 0 Å². The Labute approximate surface area is 126 Å². The monoisotopic (exact) mass is 303 g/mol. The van der Waals surface area contributed by atoms with Gasteiger partial charge in [0, 0.05) is 23.0 Å². The van der Waals surface area contributed by atoms with Crippen LogP contribution in [0.25, 0.3) is 11.0 Å². The lowest BCUT2D eigenvalue weighted by Gasteiger charge is -2.05. The van der Waals surface area contributed by atoms with Crippen LogP contribution in [0.15, 0.2) is 53.7 Å². The SMILES string of the molecule is Clc1cccc(NCCSc2nc3ccccc3[nH]2)c1. The molecule has 0 bridgehead atoms. The van der Waals surface area contributed by atoms with Crippen LogP contribution in [0.1, 0.15) is 0 Å². The van der Waals surface area contributed by atoms with Gasteiger partial charge in [-0.2, -0.15) is 0 Å². The summed E-state index contributed by atoms with van der Waals surface area (Å²) in [4.78, 5) is 7.84. The number of H-pyrrole nitrogens is 1. The molecule has 5 heteroatoms. The Morgan fingerprint density at radius 3 is 2.90 bits per heavy atom. The van der Waals surface area contributed by atoms with E-state index in [0.717, 1.165) is 39.2 Å². The number of hydrogen-bond donors (Lipinski definition) is 2. The molecule has 2 aromatic carbocycles. The lowest BCUT2D eigenvalue weighted by Crippen LogP contribution is -2.03. The van der Waals surface area contributed by atoms with Crippen LogP contribution in [0.3, 0.4) is 0 Å². The number of nitrogens with zero attached hydrogens (tertiary/aromatic N) is 1. The van der Waals surface area contributed by atoms with Crippen LogP contribution in [0.2, 0.25) is 5.02 Å². The van der Waals surface area contributed by atoms with Crippen LogP contribution in [0.5, 0.6) is 0 Å². The molecule has 0 aliphatic rings. The van der Waals surface area contributed by atoms with Gasteiger partial charge in [-0.1, -0.05) is 41.6 Å². The van der Waals surface area contributed by atoms with Crippen molar-refractivity contribution >= 4 is 40.1 Å². The zero-order valence-electron chi connectivity index (χ0n) is 10.8. The molecule has 0 fully saturated rings. The van der Waals surface area contributed by atoms with Crippen molar-refractivity contribution in [2.24, 2.45) is 0 Å². The van der Waals surface area contributed by atoms with E-state index >= 15 is 0 Å². The summed E-state index contributed by atoms with van der Waals surface area (Å²) in [6, 6.07) is 15.8. The summed E-state index contributed by atoms with van der Waals surface area (Å²) in [5.41, 5.74) is 3.14. The Morgan fingerprint density at radius 1 is 1.15 bits per heavy atom. The third kappa shape index (κ3) is 3.26. The van der Waals surface area contributed by atoms with E-state index in [-0.39, 0.29) is 0 Å². The molecule has 0 saturated carbocycles. The molecule has 3 nitrogen and oxygen atoms in total. The summed E-state index contributed by atoms with van der Waals surface area (Å²) in [6.45, 7) is 0.863. The van der Waals surface area contributed by atoms with Crippen LogP contribution in [-0.2, 0) is 0 Å². The molecule has 1 heterocycles. The number of aromatic nitrogens is 2. The fourth-order valence-corrected chi connectivity index (χ4v) is 2.87. The fourth-order valence-electron chi connectivity index (χ4n) is 1.94. The van der Waals surface area contributed by atoms with Crippen molar-refractivity contribution in [3.8, 4) is 0 Å². The molecule has 3 rings (SSSR count). The standard InChI is InChI=1S/C15H14ClN3S/c16-11-4-3-5-12(10-11)17-8-9-20-15-18-13-6-1-2-7-14(13)19-15/h1-7,10,17H,8-9H2,(H,18,19). The maximum absolute atomic E-state index is 5.94.